The van der Waals surface area contributed by atoms with Crippen LogP contribution < -0.4 is 16.6 Å². The first-order valence-electron chi connectivity index (χ1n) is 7.53. The smallest absolute Gasteiger partial charge is 0.332 e. The third kappa shape index (κ3) is 3.02. The number of nitrogens with one attached hydrogen (secondary N) is 1. The van der Waals surface area contributed by atoms with E-state index in [2.05, 4.69) is 10.2 Å². The Morgan fingerprint density at radius 3 is 2.39 bits per heavy atom. The predicted octanol–water partition coefficient (Wildman–Crippen LogP) is -0.522. The lowest BCUT2D eigenvalue weighted by molar-refractivity contribution is -0.000699. The van der Waals surface area contributed by atoms with Crippen LogP contribution >= 0.6 is 0 Å². The van der Waals surface area contributed by atoms with Gasteiger partial charge in [-0.2, -0.15) is 5.26 Å². The number of hydrogen-bond acceptors (Lipinski definition) is 6. The maximum atomic E-state index is 12.1. The van der Waals surface area contributed by atoms with Crippen LogP contribution in [0.3, 0.4) is 0 Å². The van der Waals surface area contributed by atoms with Gasteiger partial charge in [0.15, 0.2) is 5.56 Å². The van der Waals surface area contributed by atoms with E-state index in [4.69, 9.17) is 4.74 Å². The molecule has 0 atom stereocenters. The second-order valence-electron chi connectivity index (χ2n) is 6.13. The van der Waals surface area contributed by atoms with Gasteiger partial charge in [0.2, 0.25) is 0 Å². The van der Waals surface area contributed by atoms with Crippen LogP contribution in [0.5, 0.6) is 0 Å². The maximum absolute atomic E-state index is 12.1. The van der Waals surface area contributed by atoms with Crippen molar-refractivity contribution in [1.82, 2.24) is 14.0 Å². The molecule has 1 aliphatic heterocycles. The minimum absolute atomic E-state index is 0.0458. The van der Waals surface area contributed by atoms with Crippen LogP contribution in [-0.4, -0.2) is 53.4 Å². The first-order chi connectivity index (χ1) is 10.8. The van der Waals surface area contributed by atoms with Gasteiger partial charge in [-0.05, 0) is 26.9 Å². The first-order valence-corrected chi connectivity index (χ1v) is 7.53. The number of likely N-dealkylation sites (N-methyl/N-ethyl adjacent to an activating group) is 1. The summed E-state index contributed by atoms with van der Waals surface area (Å²) in [6.07, 6.45) is 1.68. The lowest BCUT2D eigenvalue weighted by atomic mass is 9.88. The average Bonchev–Trinajstić information content (AvgIpc) is 2.55. The van der Waals surface area contributed by atoms with Crippen LogP contribution in [0, 0.1) is 11.3 Å². The summed E-state index contributed by atoms with van der Waals surface area (Å²) < 4.78 is 7.69. The average molecular weight is 321 g/mol. The normalized spacial score (nSPS) is 17.0. The van der Waals surface area contributed by atoms with Crippen LogP contribution in [-0.2, 0) is 18.8 Å². The molecule has 0 bridgehead atoms. The Labute approximate surface area is 134 Å². The Morgan fingerprint density at radius 1 is 1.26 bits per heavy atom. The van der Waals surface area contributed by atoms with E-state index in [0.717, 1.165) is 17.4 Å². The zero-order chi connectivity index (χ0) is 17.2. The lowest BCUT2D eigenvalue weighted by Gasteiger charge is -2.43. The van der Waals surface area contributed by atoms with Crippen LogP contribution in [0.1, 0.15) is 18.4 Å². The van der Waals surface area contributed by atoms with Crippen molar-refractivity contribution >= 4 is 5.82 Å². The van der Waals surface area contributed by atoms with Gasteiger partial charge in [-0.3, -0.25) is 13.9 Å². The summed E-state index contributed by atoms with van der Waals surface area (Å²) in [5.74, 6) is 0.272. The molecule has 8 nitrogen and oxygen atoms in total. The Hall–Kier alpha value is -2.11. The molecule has 0 saturated carbocycles. The first kappa shape index (κ1) is 17.2. The van der Waals surface area contributed by atoms with Gasteiger partial charge in [0.05, 0.1) is 0 Å². The van der Waals surface area contributed by atoms with E-state index in [-0.39, 0.29) is 16.9 Å². The summed E-state index contributed by atoms with van der Waals surface area (Å²) in [5.41, 5.74) is -1.22. The van der Waals surface area contributed by atoms with Gasteiger partial charge in [-0.15, -0.1) is 0 Å². The largest absolute Gasteiger partial charge is 0.381 e. The molecule has 0 aliphatic carbocycles. The van der Waals surface area contributed by atoms with Gasteiger partial charge in [-0.25, -0.2) is 4.79 Å². The van der Waals surface area contributed by atoms with Gasteiger partial charge in [-0.1, -0.05) is 0 Å². The van der Waals surface area contributed by atoms with Crippen molar-refractivity contribution < 1.29 is 4.74 Å². The SMILES string of the molecule is CN(C)C1(CNc2c(C#N)c(=O)n(C)c(=O)n2C)CCOCC1. The third-order valence-corrected chi connectivity index (χ3v) is 4.73. The van der Waals surface area contributed by atoms with E-state index in [9.17, 15) is 14.9 Å². The Bertz CT molecular complexity index is 735. The summed E-state index contributed by atoms with van der Waals surface area (Å²) in [4.78, 5) is 26.3. The molecule has 2 heterocycles. The second-order valence-corrected chi connectivity index (χ2v) is 6.13. The highest BCUT2D eigenvalue weighted by molar-refractivity contribution is 5.51. The summed E-state index contributed by atoms with van der Waals surface area (Å²) in [5, 5.41) is 12.5. The maximum Gasteiger partial charge on any atom is 0.332 e. The van der Waals surface area contributed by atoms with Gasteiger partial charge in [0, 0.05) is 39.4 Å². The highest BCUT2D eigenvalue weighted by Crippen LogP contribution is 2.26. The van der Waals surface area contributed by atoms with Crippen molar-refractivity contribution in [2.45, 2.75) is 18.4 Å². The highest BCUT2D eigenvalue weighted by Gasteiger charge is 2.35. The number of aromatic nitrogens is 2. The van der Waals surface area contributed by atoms with Gasteiger partial charge in [0.25, 0.3) is 5.56 Å². The van der Waals surface area contributed by atoms with Crippen molar-refractivity contribution in [3.8, 4) is 6.07 Å². The van der Waals surface area contributed by atoms with Crippen LogP contribution in [0.25, 0.3) is 0 Å². The van der Waals surface area contributed by atoms with Gasteiger partial charge in [0.1, 0.15) is 11.9 Å². The van der Waals surface area contributed by atoms with E-state index in [0.29, 0.717) is 19.8 Å². The monoisotopic (exact) mass is 321 g/mol. The molecular formula is C15H23N5O3. The number of nitrogens with zero attached hydrogens (tertiary/aromatic N) is 4. The molecule has 1 aliphatic rings. The fourth-order valence-corrected chi connectivity index (χ4v) is 2.93. The van der Waals surface area contributed by atoms with Crippen molar-refractivity contribution in [3.05, 3.63) is 26.4 Å². The molecular weight excluding hydrogens is 298 g/mol. The molecule has 0 unspecified atom stereocenters. The van der Waals surface area contributed by atoms with Crippen LogP contribution in [0.15, 0.2) is 9.59 Å². The summed E-state index contributed by atoms with van der Waals surface area (Å²) >= 11 is 0. The summed E-state index contributed by atoms with van der Waals surface area (Å²) in [6, 6.07) is 1.91. The zero-order valence-corrected chi connectivity index (χ0v) is 14.0. The Kier molecular flexibility index (Phi) is 4.92. The van der Waals surface area contributed by atoms with E-state index in [1.165, 1.54) is 11.6 Å². The van der Waals surface area contributed by atoms with Crippen molar-refractivity contribution in [3.63, 3.8) is 0 Å². The standard InChI is InChI=1S/C15H23N5O3/c1-18(2)15(5-7-23-8-6-15)10-17-12-11(9-16)13(21)20(4)14(22)19(12)3/h17H,5-8,10H2,1-4H3. The quantitative estimate of drug-likeness (QED) is 0.802. The van der Waals surface area contributed by atoms with Crippen LogP contribution in [0.2, 0.25) is 0 Å². The minimum Gasteiger partial charge on any atom is -0.381 e. The third-order valence-electron chi connectivity index (χ3n) is 4.73. The van der Waals surface area contributed by atoms with Crippen molar-refractivity contribution in [2.24, 2.45) is 14.1 Å². The second kappa shape index (κ2) is 6.56. The minimum atomic E-state index is -0.580. The molecule has 1 aromatic rings. The molecule has 126 valence electrons. The number of rotatable bonds is 4. The Morgan fingerprint density at radius 2 is 1.87 bits per heavy atom. The number of anilines is 1. The fourth-order valence-electron chi connectivity index (χ4n) is 2.93. The zero-order valence-electron chi connectivity index (χ0n) is 14.0. The molecule has 8 heteroatoms. The molecule has 23 heavy (non-hydrogen) atoms. The van der Waals surface area contributed by atoms with Gasteiger partial charge < -0.3 is 15.0 Å². The van der Waals surface area contributed by atoms with Crippen molar-refractivity contribution in [1.29, 1.82) is 5.26 Å². The number of hydrogen-bond donors (Lipinski definition) is 1. The molecule has 1 saturated heterocycles. The van der Waals surface area contributed by atoms with E-state index in [1.807, 2.05) is 20.2 Å². The molecule has 0 spiro atoms. The molecule has 1 aromatic heterocycles. The molecule has 2 rings (SSSR count). The molecule has 1 fully saturated rings. The van der Waals surface area contributed by atoms with E-state index < -0.39 is 11.2 Å². The molecule has 1 N–H and O–H groups in total. The van der Waals surface area contributed by atoms with Gasteiger partial charge >= 0.3 is 5.69 Å². The van der Waals surface area contributed by atoms with E-state index >= 15 is 0 Å². The topological polar surface area (TPSA) is 92.3 Å². The summed E-state index contributed by atoms with van der Waals surface area (Å²) in [7, 11) is 6.93. The molecule has 0 amide bonds. The van der Waals surface area contributed by atoms with E-state index in [1.54, 1.807) is 7.05 Å². The fraction of sp³-hybridized carbons (Fsp3) is 0.667. The number of nitriles is 1. The Balaban J connectivity index is 2.39. The van der Waals surface area contributed by atoms with Crippen LogP contribution in [0.4, 0.5) is 5.82 Å². The number of ether oxygens (including phenoxy) is 1. The highest BCUT2D eigenvalue weighted by atomic mass is 16.5. The lowest BCUT2D eigenvalue weighted by Crippen LogP contribution is -2.53. The summed E-state index contributed by atoms with van der Waals surface area (Å²) in [6.45, 7) is 1.86. The molecule has 0 radical (unpaired) electrons. The van der Waals surface area contributed by atoms with Crippen molar-refractivity contribution in [2.75, 3.05) is 39.2 Å². The molecule has 0 aromatic carbocycles. The predicted molar refractivity (Wildman–Crippen MR) is 86.6 cm³/mol.